The standard InChI is InChI=1S/C22H20F2N2O5/c1-12-18(13(2)31-26-12)11-29-17-7-4-15(5-8-17)22(28)30-14(3)21(27)25-20-10-16(23)6-9-19(20)24/h4-10,14H,11H2,1-3H3,(H,25,27). The first-order valence-corrected chi connectivity index (χ1v) is 9.36. The maximum Gasteiger partial charge on any atom is 0.338 e. The summed E-state index contributed by atoms with van der Waals surface area (Å²) < 4.78 is 42.7. The van der Waals surface area contributed by atoms with Crippen molar-refractivity contribution in [1.29, 1.82) is 0 Å². The largest absolute Gasteiger partial charge is 0.489 e. The molecule has 0 saturated carbocycles. The van der Waals surface area contributed by atoms with E-state index in [4.69, 9.17) is 14.0 Å². The van der Waals surface area contributed by atoms with Gasteiger partial charge >= 0.3 is 5.97 Å². The molecule has 162 valence electrons. The van der Waals surface area contributed by atoms with Crippen LogP contribution in [0.2, 0.25) is 0 Å². The Balaban J connectivity index is 1.56. The molecule has 1 unspecified atom stereocenters. The van der Waals surface area contributed by atoms with Crippen LogP contribution < -0.4 is 10.1 Å². The molecule has 9 heteroatoms. The van der Waals surface area contributed by atoms with Crippen molar-refractivity contribution in [3.05, 3.63) is 76.7 Å². The number of rotatable bonds is 7. The van der Waals surface area contributed by atoms with Crippen molar-refractivity contribution in [1.82, 2.24) is 5.16 Å². The molecule has 0 radical (unpaired) electrons. The van der Waals surface area contributed by atoms with Gasteiger partial charge in [0.25, 0.3) is 5.91 Å². The van der Waals surface area contributed by atoms with Crippen molar-refractivity contribution in [3.8, 4) is 5.75 Å². The second-order valence-electron chi connectivity index (χ2n) is 6.78. The molecule has 0 aliphatic carbocycles. The molecule has 1 amide bonds. The Hall–Kier alpha value is -3.75. The average molecular weight is 430 g/mol. The van der Waals surface area contributed by atoms with E-state index in [2.05, 4.69) is 10.5 Å². The molecule has 0 fully saturated rings. The van der Waals surface area contributed by atoms with Crippen LogP contribution >= 0.6 is 0 Å². The molecule has 31 heavy (non-hydrogen) atoms. The predicted octanol–water partition coefficient (Wildman–Crippen LogP) is 4.33. The number of amides is 1. The summed E-state index contributed by atoms with van der Waals surface area (Å²) in [4.78, 5) is 24.4. The molecule has 0 aliphatic rings. The highest BCUT2D eigenvalue weighted by Gasteiger charge is 2.20. The number of benzene rings is 2. The number of nitrogens with one attached hydrogen (secondary N) is 1. The van der Waals surface area contributed by atoms with E-state index in [9.17, 15) is 18.4 Å². The number of carbonyl (C=O) groups excluding carboxylic acids is 2. The molecule has 1 heterocycles. The number of halogens is 2. The lowest BCUT2D eigenvalue weighted by Gasteiger charge is -2.14. The van der Waals surface area contributed by atoms with Crippen LogP contribution in [0.1, 0.15) is 34.3 Å². The quantitative estimate of drug-likeness (QED) is 0.561. The Labute approximate surface area is 176 Å². The normalized spacial score (nSPS) is 11.6. The van der Waals surface area contributed by atoms with E-state index in [0.29, 0.717) is 11.5 Å². The summed E-state index contributed by atoms with van der Waals surface area (Å²) in [7, 11) is 0. The van der Waals surface area contributed by atoms with Gasteiger partial charge in [-0.05, 0) is 57.2 Å². The van der Waals surface area contributed by atoms with Gasteiger partial charge in [-0.1, -0.05) is 5.16 Å². The summed E-state index contributed by atoms with van der Waals surface area (Å²) >= 11 is 0. The van der Waals surface area contributed by atoms with E-state index in [0.717, 1.165) is 29.5 Å². The van der Waals surface area contributed by atoms with Gasteiger partial charge in [-0.15, -0.1) is 0 Å². The van der Waals surface area contributed by atoms with Crippen molar-refractivity contribution in [2.24, 2.45) is 0 Å². The summed E-state index contributed by atoms with van der Waals surface area (Å²) in [5.41, 5.74) is 1.44. The van der Waals surface area contributed by atoms with Crippen molar-refractivity contribution in [2.75, 3.05) is 5.32 Å². The molecule has 3 aromatic rings. The SMILES string of the molecule is Cc1noc(C)c1COc1ccc(C(=O)OC(C)C(=O)Nc2cc(F)ccc2F)cc1. The van der Waals surface area contributed by atoms with Crippen molar-refractivity contribution in [3.63, 3.8) is 0 Å². The molecule has 1 N–H and O–H groups in total. The van der Waals surface area contributed by atoms with Gasteiger partial charge in [0.15, 0.2) is 6.10 Å². The summed E-state index contributed by atoms with van der Waals surface area (Å²) in [6.07, 6.45) is -1.23. The van der Waals surface area contributed by atoms with Crippen LogP contribution in [-0.2, 0) is 16.1 Å². The number of hydrogen-bond acceptors (Lipinski definition) is 6. The fourth-order valence-electron chi connectivity index (χ4n) is 2.66. The fraction of sp³-hybridized carbons (Fsp3) is 0.227. The van der Waals surface area contributed by atoms with Crippen LogP contribution in [0.15, 0.2) is 47.0 Å². The number of esters is 1. The highest BCUT2D eigenvalue weighted by atomic mass is 19.1. The molecule has 7 nitrogen and oxygen atoms in total. The third-order valence-corrected chi connectivity index (χ3v) is 4.49. The maximum atomic E-state index is 13.6. The molecule has 0 spiro atoms. The lowest BCUT2D eigenvalue weighted by atomic mass is 10.2. The van der Waals surface area contributed by atoms with Crippen molar-refractivity contribution in [2.45, 2.75) is 33.5 Å². The Kier molecular flexibility index (Phi) is 6.64. The summed E-state index contributed by atoms with van der Waals surface area (Å²) in [6.45, 7) is 5.19. The molecular weight excluding hydrogens is 410 g/mol. The molecule has 1 aromatic heterocycles. The number of nitrogens with zero attached hydrogens (tertiary/aromatic N) is 1. The van der Waals surface area contributed by atoms with Crippen LogP contribution in [0.25, 0.3) is 0 Å². The number of aryl methyl sites for hydroxylation is 2. The third kappa shape index (κ3) is 5.44. The zero-order chi connectivity index (χ0) is 22.5. The first-order valence-electron chi connectivity index (χ1n) is 9.36. The zero-order valence-corrected chi connectivity index (χ0v) is 17.1. The molecule has 3 rings (SSSR count). The van der Waals surface area contributed by atoms with E-state index in [1.165, 1.54) is 19.1 Å². The first-order chi connectivity index (χ1) is 14.7. The van der Waals surface area contributed by atoms with E-state index >= 15 is 0 Å². The monoisotopic (exact) mass is 430 g/mol. The number of hydrogen-bond donors (Lipinski definition) is 1. The summed E-state index contributed by atoms with van der Waals surface area (Å²) in [5.74, 6) is -1.87. The smallest absolute Gasteiger partial charge is 0.338 e. The van der Waals surface area contributed by atoms with Crippen LogP contribution in [0.5, 0.6) is 5.75 Å². The average Bonchev–Trinajstić information content (AvgIpc) is 3.06. The van der Waals surface area contributed by atoms with Gasteiger partial charge in [0.05, 0.1) is 22.5 Å². The summed E-state index contributed by atoms with van der Waals surface area (Å²) in [6, 6.07) is 8.79. The van der Waals surface area contributed by atoms with Crippen LogP contribution in [0, 0.1) is 25.5 Å². The van der Waals surface area contributed by atoms with Gasteiger partial charge in [0.1, 0.15) is 29.8 Å². The van der Waals surface area contributed by atoms with Crippen LogP contribution in [-0.4, -0.2) is 23.1 Å². The number of aromatic nitrogens is 1. The molecule has 1 atom stereocenters. The minimum Gasteiger partial charge on any atom is -0.489 e. The Morgan fingerprint density at radius 1 is 1.13 bits per heavy atom. The van der Waals surface area contributed by atoms with Gasteiger partial charge in [-0.25, -0.2) is 13.6 Å². The molecule has 0 saturated heterocycles. The van der Waals surface area contributed by atoms with Gasteiger partial charge < -0.3 is 19.3 Å². The second-order valence-corrected chi connectivity index (χ2v) is 6.78. The maximum absolute atomic E-state index is 13.6. The number of ether oxygens (including phenoxy) is 2. The number of anilines is 1. The third-order valence-electron chi connectivity index (χ3n) is 4.49. The zero-order valence-electron chi connectivity index (χ0n) is 17.1. The van der Waals surface area contributed by atoms with Gasteiger partial charge in [-0.2, -0.15) is 0 Å². The highest BCUT2D eigenvalue weighted by Crippen LogP contribution is 2.19. The van der Waals surface area contributed by atoms with Gasteiger partial charge in [0, 0.05) is 6.07 Å². The Morgan fingerprint density at radius 2 is 1.84 bits per heavy atom. The van der Waals surface area contributed by atoms with E-state index < -0.39 is 29.6 Å². The predicted molar refractivity (Wildman–Crippen MR) is 107 cm³/mol. The minimum atomic E-state index is -1.23. The van der Waals surface area contributed by atoms with Crippen LogP contribution in [0.3, 0.4) is 0 Å². The minimum absolute atomic E-state index is 0.196. The van der Waals surface area contributed by atoms with Gasteiger partial charge in [-0.3, -0.25) is 4.79 Å². The Morgan fingerprint density at radius 3 is 2.48 bits per heavy atom. The second kappa shape index (κ2) is 9.38. The van der Waals surface area contributed by atoms with E-state index in [1.807, 2.05) is 6.92 Å². The number of carbonyl (C=O) groups is 2. The Bertz CT molecular complexity index is 1080. The lowest BCUT2D eigenvalue weighted by Crippen LogP contribution is -2.30. The van der Waals surface area contributed by atoms with Gasteiger partial charge in [0.2, 0.25) is 0 Å². The topological polar surface area (TPSA) is 90.7 Å². The van der Waals surface area contributed by atoms with Crippen molar-refractivity contribution < 1.29 is 32.4 Å². The molecule has 0 aliphatic heterocycles. The van der Waals surface area contributed by atoms with E-state index in [1.54, 1.807) is 19.1 Å². The lowest BCUT2D eigenvalue weighted by molar-refractivity contribution is -0.123. The molecular formula is C22H20F2N2O5. The van der Waals surface area contributed by atoms with Crippen molar-refractivity contribution >= 4 is 17.6 Å². The summed E-state index contributed by atoms with van der Waals surface area (Å²) in [5, 5.41) is 6.05. The van der Waals surface area contributed by atoms with E-state index in [-0.39, 0.29) is 17.9 Å². The highest BCUT2D eigenvalue weighted by molar-refractivity contribution is 5.97. The fourth-order valence-corrected chi connectivity index (χ4v) is 2.66. The first kappa shape index (κ1) is 21.9. The molecule has 2 aromatic carbocycles. The van der Waals surface area contributed by atoms with Crippen LogP contribution in [0.4, 0.5) is 14.5 Å². The molecule has 0 bridgehead atoms.